The van der Waals surface area contributed by atoms with Crippen LogP contribution in [0.15, 0.2) is 73.0 Å². The molecular formula is C27H25BrN2. The minimum Gasteiger partial charge on any atom is -0.371 e. The molecule has 1 fully saturated rings. The molecule has 0 amide bonds. The summed E-state index contributed by atoms with van der Waals surface area (Å²) in [6.07, 6.45) is 4.04. The zero-order valence-electron chi connectivity index (χ0n) is 17.1. The Hall–Kier alpha value is -2.88. The van der Waals surface area contributed by atoms with Crippen LogP contribution < -0.4 is 8.83 Å². The second kappa shape index (κ2) is 9.29. The predicted octanol–water partition coefficient (Wildman–Crippen LogP) is 6.41. The molecule has 2 aromatic rings. The number of allylic oxidation sites excluding steroid dienone is 2. The summed E-state index contributed by atoms with van der Waals surface area (Å²) in [6, 6.07) is 16.5. The van der Waals surface area contributed by atoms with Crippen LogP contribution >= 0.6 is 16.1 Å². The summed E-state index contributed by atoms with van der Waals surface area (Å²) in [7, 11) is 0. The van der Waals surface area contributed by atoms with Gasteiger partial charge < -0.3 is 4.90 Å². The standard InChI is InChI=1S/C27H25BrN2/c1-21(17-18-23-12-4-3-5-13-23)11-6-7-14-24-22(2)30(28)26-16-10-15-25(27(24)26)29-19-8-9-20-29/h3-5,10,12-13,15-16,24H,1-2,6,8-9,11,19-20H2. The van der Waals surface area contributed by atoms with Crippen molar-refractivity contribution in [1.29, 1.82) is 0 Å². The van der Waals surface area contributed by atoms with Crippen molar-refractivity contribution < 1.29 is 0 Å². The fourth-order valence-corrected chi connectivity index (χ4v) is 4.48. The van der Waals surface area contributed by atoms with Gasteiger partial charge in [0.25, 0.3) is 0 Å². The molecule has 0 aromatic heterocycles. The van der Waals surface area contributed by atoms with Crippen LogP contribution in [0.1, 0.15) is 42.7 Å². The van der Waals surface area contributed by atoms with Gasteiger partial charge in [-0.05, 0) is 49.1 Å². The highest BCUT2D eigenvalue weighted by Gasteiger charge is 2.34. The van der Waals surface area contributed by atoms with Crippen LogP contribution in [0.5, 0.6) is 0 Å². The van der Waals surface area contributed by atoms with E-state index >= 15 is 0 Å². The lowest BCUT2D eigenvalue weighted by Crippen LogP contribution is -2.19. The van der Waals surface area contributed by atoms with Crippen molar-refractivity contribution in [2.45, 2.75) is 31.6 Å². The van der Waals surface area contributed by atoms with Crippen molar-refractivity contribution in [1.82, 2.24) is 0 Å². The van der Waals surface area contributed by atoms with Gasteiger partial charge in [0.1, 0.15) is 0 Å². The van der Waals surface area contributed by atoms with Gasteiger partial charge in [-0.15, -0.1) is 5.92 Å². The van der Waals surface area contributed by atoms with Crippen molar-refractivity contribution in [2.24, 2.45) is 0 Å². The molecule has 30 heavy (non-hydrogen) atoms. The van der Waals surface area contributed by atoms with Crippen molar-refractivity contribution in [3.63, 3.8) is 0 Å². The Morgan fingerprint density at radius 2 is 1.77 bits per heavy atom. The SMILES string of the molecule is C=C(C#Cc1ccccc1)CCC#CC1C(=C)N(Br)c2cccc(N3CCCC3)c21. The molecular weight excluding hydrogens is 432 g/mol. The molecule has 2 aromatic carbocycles. The Kier molecular flexibility index (Phi) is 6.32. The number of benzene rings is 2. The molecule has 3 heteroatoms. The van der Waals surface area contributed by atoms with E-state index in [1.807, 2.05) is 34.3 Å². The van der Waals surface area contributed by atoms with Gasteiger partial charge in [0.05, 0.1) is 27.8 Å². The largest absolute Gasteiger partial charge is 0.371 e. The lowest BCUT2D eigenvalue weighted by atomic mass is 9.97. The molecule has 2 aliphatic heterocycles. The molecule has 4 rings (SSSR count). The van der Waals surface area contributed by atoms with Gasteiger partial charge in [-0.25, -0.2) is 0 Å². The summed E-state index contributed by atoms with van der Waals surface area (Å²) in [5, 5.41) is 0. The van der Waals surface area contributed by atoms with E-state index in [4.69, 9.17) is 0 Å². The smallest absolute Gasteiger partial charge is 0.0898 e. The van der Waals surface area contributed by atoms with Gasteiger partial charge in [0.15, 0.2) is 0 Å². The molecule has 1 unspecified atom stereocenters. The second-order valence-electron chi connectivity index (χ2n) is 7.65. The highest BCUT2D eigenvalue weighted by atomic mass is 79.9. The Labute approximate surface area is 188 Å². The van der Waals surface area contributed by atoms with Gasteiger partial charge in [-0.1, -0.05) is 55.2 Å². The van der Waals surface area contributed by atoms with Gasteiger partial charge >= 0.3 is 0 Å². The molecule has 0 N–H and O–H groups in total. The fraction of sp³-hybridized carbons (Fsp3) is 0.259. The molecule has 2 heterocycles. The summed E-state index contributed by atoms with van der Waals surface area (Å²) in [5.74, 6) is 13.2. The van der Waals surface area contributed by atoms with Crippen LogP contribution in [0.2, 0.25) is 0 Å². The zero-order valence-corrected chi connectivity index (χ0v) is 18.7. The first kappa shape index (κ1) is 20.4. The van der Waals surface area contributed by atoms with Gasteiger partial charge in [-0.2, -0.15) is 0 Å². The maximum atomic E-state index is 4.29. The van der Waals surface area contributed by atoms with Crippen LogP contribution in [-0.2, 0) is 0 Å². The number of fused-ring (bicyclic) bond motifs is 1. The normalized spacial score (nSPS) is 17.1. The highest BCUT2D eigenvalue weighted by Crippen LogP contribution is 2.49. The van der Waals surface area contributed by atoms with E-state index in [9.17, 15) is 0 Å². The predicted molar refractivity (Wildman–Crippen MR) is 131 cm³/mol. The molecule has 0 spiro atoms. The Balaban J connectivity index is 1.46. The van der Waals surface area contributed by atoms with E-state index in [0.29, 0.717) is 0 Å². The van der Waals surface area contributed by atoms with E-state index in [1.165, 1.54) is 24.1 Å². The monoisotopic (exact) mass is 456 g/mol. The molecule has 0 radical (unpaired) electrons. The lowest BCUT2D eigenvalue weighted by Gasteiger charge is -2.22. The summed E-state index contributed by atoms with van der Waals surface area (Å²) in [5.41, 5.74) is 6.63. The molecule has 2 nitrogen and oxygen atoms in total. The maximum absolute atomic E-state index is 4.29. The number of hydrogen-bond donors (Lipinski definition) is 0. The van der Waals surface area contributed by atoms with Crippen LogP contribution in [0.25, 0.3) is 0 Å². The first-order chi connectivity index (χ1) is 14.6. The van der Waals surface area contributed by atoms with E-state index in [0.717, 1.165) is 48.5 Å². The third-order valence-corrected chi connectivity index (χ3v) is 6.39. The van der Waals surface area contributed by atoms with E-state index < -0.39 is 0 Å². The fourth-order valence-electron chi connectivity index (χ4n) is 3.96. The molecule has 0 aliphatic carbocycles. The minimum atomic E-state index is 0.0137. The molecule has 2 aliphatic rings. The maximum Gasteiger partial charge on any atom is 0.0898 e. The van der Waals surface area contributed by atoms with E-state index in [2.05, 4.69) is 76.1 Å². The minimum absolute atomic E-state index is 0.0137. The van der Waals surface area contributed by atoms with Crippen molar-refractivity contribution in [2.75, 3.05) is 21.9 Å². The Morgan fingerprint density at radius 1 is 1.03 bits per heavy atom. The highest BCUT2D eigenvalue weighted by molar-refractivity contribution is 9.10. The second-order valence-corrected chi connectivity index (χ2v) is 8.36. The van der Waals surface area contributed by atoms with E-state index in [-0.39, 0.29) is 5.92 Å². The first-order valence-electron chi connectivity index (χ1n) is 10.4. The van der Waals surface area contributed by atoms with Crippen molar-refractivity contribution in [3.05, 3.63) is 84.1 Å². The number of nitrogens with zero attached hydrogens (tertiary/aromatic N) is 2. The summed E-state index contributed by atoms with van der Waals surface area (Å²) in [6.45, 7) is 10.6. The molecule has 150 valence electrons. The Bertz CT molecular complexity index is 1070. The van der Waals surface area contributed by atoms with Crippen LogP contribution in [0.4, 0.5) is 11.4 Å². The molecule has 0 bridgehead atoms. The van der Waals surface area contributed by atoms with Gasteiger partial charge in [-0.3, -0.25) is 3.93 Å². The zero-order chi connectivity index (χ0) is 20.9. The molecule has 1 saturated heterocycles. The summed E-state index contributed by atoms with van der Waals surface area (Å²) >= 11 is 3.68. The van der Waals surface area contributed by atoms with Gasteiger partial charge in [0.2, 0.25) is 0 Å². The van der Waals surface area contributed by atoms with Crippen LogP contribution in [0.3, 0.4) is 0 Å². The molecule has 0 saturated carbocycles. The third-order valence-electron chi connectivity index (χ3n) is 5.55. The quantitative estimate of drug-likeness (QED) is 0.389. The number of halogens is 1. The summed E-state index contributed by atoms with van der Waals surface area (Å²) in [4.78, 5) is 2.48. The lowest BCUT2D eigenvalue weighted by molar-refractivity contribution is 0.947. The number of hydrogen-bond acceptors (Lipinski definition) is 2. The number of rotatable bonds is 3. The van der Waals surface area contributed by atoms with Crippen LogP contribution in [-0.4, -0.2) is 13.1 Å². The van der Waals surface area contributed by atoms with Gasteiger partial charge in [0, 0.05) is 42.0 Å². The van der Waals surface area contributed by atoms with Crippen molar-refractivity contribution >= 4 is 27.5 Å². The topological polar surface area (TPSA) is 6.48 Å². The average Bonchev–Trinajstić information content (AvgIpc) is 3.39. The summed E-state index contributed by atoms with van der Waals surface area (Å²) < 4.78 is 2.01. The first-order valence-corrected chi connectivity index (χ1v) is 11.1. The Morgan fingerprint density at radius 3 is 2.53 bits per heavy atom. The average molecular weight is 457 g/mol. The van der Waals surface area contributed by atoms with Crippen molar-refractivity contribution in [3.8, 4) is 23.7 Å². The third kappa shape index (κ3) is 4.33. The van der Waals surface area contributed by atoms with E-state index in [1.54, 1.807) is 0 Å². The van der Waals surface area contributed by atoms with Crippen LogP contribution in [0, 0.1) is 23.7 Å². The number of anilines is 2. The molecule has 1 atom stereocenters.